The van der Waals surface area contributed by atoms with Gasteiger partial charge in [0, 0.05) is 9.64 Å². The number of carbonyl (C=O) groups excluding carboxylic acids is 1. The van der Waals surface area contributed by atoms with E-state index < -0.39 is 5.91 Å². The second kappa shape index (κ2) is 5.13. The molecule has 2 N–H and O–H groups in total. The van der Waals surface area contributed by atoms with E-state index >= 15 is 0 Å². The monoisotopic (exact) mass is 340 g/mol. The van der Waals surface area contributed by atoms with E-state index in [-0.39, 0.29) is 5.69 Å². The lowest BCUT2D eigenvalue weighted by Crippen LogP contribution is -2.12. The maximum Gasteiger partial charge on any atom is 0.267 e. The number of carbonyl (C=O) groups is 1. The van der Waals surface area contributed by atoms with Gasteiger partial charge in [0.1, 0.15) is 11.4 Å². The highest BCUT2D eigenvalue weighted by atomic mass is 127. The number of benzene rings is 1. The van der Waals surface area contributed by atoms with Crippen molar-refractivity contribution in [2.24, 2.45) is 5.73 Å². The van der Waals surface area contributed by atoms with Crippen LogP contribution in [0.15, 0.2) is 42.5 Å². The molecule has 0 aliphatic rings. The number of amides is 1. The molecular weight excluding hydrogens is 331 g/mol. The van der Waals surface area contributed by atoms with E-state index in [9.17, 15) is 4.79 Å². The summed E-state index contributed by atoms with van der Waals surface area (Å²) < 4.78 is 6.59. The van der Waals surface area contributed by atoms with Crippen molar-refractivity contribution in [2.45, 2.75) is 0 Å². The van der Waals surface area contributed by atoms with Crippen LogP contribution in [0.2, 0.25) is 0 Å². The summed E-state index contributed by atoms with van der Waals surface area (Å²) in [4.78, 5) is 15.0. The minimum atomic E-state index is -0.571. The molecule has 1 aromatic heterocycles. The van der Waals surface area contributed by atoms with Crippen LogP contribution in [0, 0.1) is 3.57 Å². The lowest BCUT2D eigenvalue weighted by molar-refractivity contribution is 0.0995. The van der Waals surface area contributed by atoms with Crippen LogP contribution >= 0.6 is 22.6 Å². The van der Waals surface area contributed by atoms with Gasteiger partial charge >= 0.3 is 0 Å². The van der Waals surface area contributed by atoms with Gasteiger partial charge in [-0.15, -0.1) is 0 Å². The third-order valence-corrected chi connectivity index (χ3v) is 2.67. The van der Waals surface area contributed by atoms with E-state index in [1.807, 2.05) is 24.3 Å². The third kappa shape index (κ3) is 3.16. The molecule has 86 valence electrons. The Bertz CT molecular complexity index is 558. The molecule has 2 rings (SSSR count). The number of hydrogen-bond acceptors (Lipinski definition) is 3. The van der Waals surface area contributed by atoms with Crippen LogP contribution in [0.25, 0.3) is 0 Å². The lowest BCUT2D eigenvalue weighted by Gasteiger charge is -2.05. The van der Waals surface area contributed by atoms with Crippen molar-refractivity contribution in [1.82, 2.24) is 4.98 Å². The number of ether oxygens (including phenoxy) is 1. The van der Waals surface area contributed by atoms with Crippen LogP contribution in [-0.4, -0.2) is 10.9 Å². The van der Waals surface area contributed by atoms with Gasteiger partial charge in [-0.05, 0) is 46.9 Å². The maximum absolute atomic E-state index is 11.0. The second-order valence-corrected chi connectivity index (χ2v) is 4.53. The number of nitrogens with zero attached hydrogens (tertiary/aromatic N) is 1. The molecule has 0 aliphatic carbocycles. The van der Waals surface area contributed by atoms with Gasteiger partial charge < -0.3 is 10.5 Å². The van der Waals surface area contributed by atoms with Crippen molar-refractivity contribution in [2.75, 3.05) is 0 Å². The number of rotatable bonds is 3. The van der Waals surface area contributed by atoms with Crippen molar-refractivity contribution in [3.63, 3.8) is 0 Å². The molecule has 0 atom stereocenters. The fourth-order valence-corrected chi connectivity index (χ4v) is 1.77. The second-order valence-electron chi connectivity index (χ2n) is 3.28. The number of halogens is 1. The highest BCUT2D eigenvalue weighted by Crippen LogP contribution is 2.21. The average Bonchev–Trinajstić information content (AvgIpc) is 2.29. The average molecular weight is 340 g/mol. The first-order chi connectivity index (χ1) is 8.15. The first-order valence-corrected chi connectivity index (χ1v) is 5.93. The predicted molar refractivity (Wildman–Crippen MR) is 72.0 cm³/mol. The Labute approximate surface area is 112 Å². The van der Waals surface area contributed by atoms with E-state index in [1.54, 1.807) is 18.2 Å². The first-order valence-electron chi connectivity index (χ1n) is 4.85. The number of primary amides is 1. The number of pyridine rings is 1. The van der Waals surface area contributed by atoms with Crippen LogP contribution < -0.4 is 10.5 Å². The fraction of sp³-hybridized carbons (Fsp3) is 0. The molecule has 0 bridgehead atoms. The summed E-state index contributed by atoms with van der Waals surface area (Å²) in [5.41, 5.74) is 5.33. The van der Waals surface area contributed by atoms with E-state index in [1.165, 1.54) is 0 Å². The Morgan fingerprint density at radius 1 is 1.24 bits per heavy atom. The van der Waals surface area contributed by atoms with Crippen molar-refractivity contribution < 1.29 is 9.53 Å². The molecule has 0 aliphatic heterocycles. The maximum atomic E-state index is 11.0. The predicted octanol–water partition coefficient (Wildman–Crippen LogP) is 2.58. The van der Waals surface area contributed by atoms with Gasteiger partial charge in [-0.3, -0.25) is 4.79 Å². The van der Waals surface area contributed by atoms with Gasteiger partial charge in [0.15, 0.2) is 0 Å². The zero-order valence-electron chi connectivity index (χ0n) is 8.76. The summed E-state index contributed by atoms with van der Waals surface area (Å²) in [6.45, 7) is 0. The highest BCUT2D eigenvalue weighted by Gasteiger charge is 2.04. The Morgan fingerprint density at radius 2 is 2.00 bits per heavy atom. The smallest absolute Gasteiger partial charge is 0.267 e. The standard InChI is InChI=1S/C12H9IN2O2/c13-8-3-1-4-9(7-8)17-11-6-2-5-10(15-11)12(14)16/h1-7H,(H2,14,16). The Hall–Kier alpha value is -1.63. The molecule has 5 heteroatoms. The molecule has 0 fully saturated rings. The van der Waals surface area contributed by atoms with Crippen molar-refractivity contribution >= 4 is 28.5 Å². The Kier molecular flexibility index (Phi) is 3.58. The fourth-order valence-electron chi connectivity index (χ4n) is 1.26. The van der Waals surface area contributed by atoms with Crippen molar-refractivity contribution in [3.05, 3.63) is 51.7 Å². The zero-order valence-corrected chi connectivity index (χ0v) is 10.9. The van der Waals surface area contributed by atoms with Crippen LogP contribution in [0.5, 0.6) is 11.6 Å². The van der Waals surface area contributed by atoms with Crippen molar-refractivity contribution in [3.8, 4) is 11.6 Å². The quantitative estimate of drug-likeness (QED) is 0.874. The van der Waals surface area contributed by atoms with Crippen molar-refractivity contribution in [1.29, 1.82) is 0 Å². The summed E-state index contributed by atoms with van der Waals surface area (Å²) >= 11 is 2.19. The van der Waals surface area contributed by atoms with Gasteiger partial charge in [-0.25, -0.2) is 4.98 Å². The molecule has 0 spiro atoms. The van der Waals surface area contributed by atoms with E-state index in [2.05, 4.69) is 27.6 Å². The normalized spacial score (nSPS) is 9.94. The lowest BCUT2D eigenvalue weighted by atomic mass is 10.3. The van der Waals surface area contributed by atoms with E-state index in [0.717, 1.165) is 3.57 Å². The molecule has 17 heavy (non-hydrogen) atoms. The molecule has 1 amide bonds. The van der Waals surface area contributed by atoms with Crippen LogP contribution in [0.3, 0.4) is 0 Å². The molecule has 0 saturated carbocycles. The van der Waals surface area contributed by atoms with Gasteiger partial charge in [-0.1, -0.05) is 12.1 Å². The van der Waals surface area contributed by atoms with Crippen LogP contribution in [0.4, 0.5) is 0 Å². The number of nitrogens with two attached hydrogens (primary N) is 1. The molecular formula is C12H9IN2O2. The van der Waals surface area contributed by atoms with E-state index in [0.29, 0.717) is 11.6 Å². The van der Waals surface area contributed by atoms with E-state index in [4.69, 9.17) is 10.5 Å². The van der Waals surface area contributed by atoms with Crippen LogP contribution in [0.1, 0.15) is 10.5 Å². The summed E-state index contributed by atoms with van der Waals surface area (Å²) in [5, 5.41) is 0. The van der Waals surface area contributed by atoms with Gasteiger partial charge in [0.25, 0.3) is 5.91 Å². The summed E-state index contributed by atoms with van der Waals surface area (Å²) in [6, 6.07) is 12.4. The summed E-state index contributed by atoms with van der Waals surface area (Å²) in [5.74, 6) is 0.451. The topological polar surface area (TPSA) is 65.2 Å². The minimum absolute atomic E-state index is 0.188. The number of aromatic nitrogens is 1. The zero-order chi connectivity index (χ0) is 12.3. The first kappa shape index (κ1) is 11.8. The molecule has 4 nitrogen and oxygen atoms in total. The molecule has 1 heterocycles. The molecule has 0 saturated heterocycles. The largest absolute Gasteiger partial charge is 0.439 e. The van der Waals surface area contributed by atoms with Gasteiger partial charge in [0.2, 0.25) is 5.88 Å². The Balaban J connectivity index is 2.24. The summed E-state index contributed by atoms with van der Waals surface area (Å²) in [6.07, 6.45) is 0. The third-order valence-electron chi connectivity index (χ3n) is 1.99. The van der Waals surface area contributed by atoms with Gasteiger partial charge in [0.05, 0.1) is 0 Å². The van der Waals surface area contributed by atoms with Gasteiger partial charge in [-0.2, -0.15) is 0 Å². The minimum Gasteiger partial charge on any atom is -0.439 e. The molecule has 2 aromatic rings. The Morgan fingerprint density at radius 3 is 2.71 bits per heavy atom. The highest BCUT2D eigenvalue weighted by molar-refractivity contribution is 14.1. The molecule has 0 unspecified atom stereocenters. The summed E-state index contributed by atoms with van der Waals surface area (Å²) in [7, 11) is 0. The number of hydrogen-bond donors (Lipinski definition) is 1. The molecule has 1 aromatic carbocycles. The SMILES string of the molecule is NC(=O)c1cccc(Oc2cccc(I)c2)n1. The molecule has 0 radical (unpaired) electrons. The van der Waals surface area contributed by atoms with Crippen LogP contribution in [-0.2, 0) is 0 Å².